The number of benzene rings is 2. The van der Waals surface area contributed by atoms with Crippen LogP contribution in [0.15, 0.2) is 35.2 Å². The van der Waals surface area contributed by atoms with E-state index >= 15 is 0 Å². The molecule has 0 unspecified atom stereocenters. The van der Waals surface area contributed by atoms with Crippen LogP contribution in [0.2, 0.25) is 5.02 Å². The van der Waals surface area contributed by atoms with Crippen molar-refractivity contribution in [1.29, 1.82) is 0 Å². The van der Waals surface area contributed by atoms with Crippen molar-refractivity contribution in [1.82, 2.24) is 9.21 Å². The minimum atomic E-state index is -3.55. The van der Waals surface area contributed by atoms with Crippen molar-refractivity contribution in [3.8, 4) is 11.5 Å². The zero-order valence-electron chi connectivity index (χ0n) is 20.6. The first kappa shape index (κ1) is 25.6. The lowest BCUT2D eigenvalue weighted by atomic mass is 9.78. The number of piperidine rings is 1. The molecule has 4 rings (SSSR count). The number of aryl methyl sites for hydroxylation is 2. The number of carbonyl (C=O) groups is 1. The number of sulfonamides is 1. The second-order valence-electron chi connectivity index (χ2n) is 9.46. The van der Waals surface area contributed by atoms with Crippen LogP contribution >= 0.6 is 11.6 Å². The highest BCUT2D eigenvalue weighted by molar-refractivity contribution is 7.89. The van der Waals surface area contributed by atoms with Crippen LogP contribution in [0.4, 0.5) is 10.5 Å². The van der Waals surface area contributed by atoms with Gasteiger partial charge in [-0.1, -0.05) is 23.7 Å². The highest BCUT2D eigenvalue weighted by Gasteiger charge is 2.44. The Hall–Kier alpha value is -2.49. The predicted octanol–water partition coefficient (Wildman–Crippen LogP) is 4.68. The molecule has 2 heterocycles. The molecule has 0 radical (unpaired) electrons. The molecule has 190 valence electrons. The highest BCUT2D eigenvalue weighted by atomic mass is 35.5. The van der Waals surface area contributed by atoms with Gasteiger partial charge < -0.3 is 19.7 Å². The molecule has 0 atom stereocenters. The van der Waals surface area contributed by atoms with Gasteiger partial charge in [0.1, 0.15) is 11.5 Å². The Labute approximate surface area is 212 Å². The number of methoxy groups -OCH3 is 2. The molecule has 2 saturated heterocycles. The zero-order valence-corrected chi connectivity index (χ0v) is 22.1. The van der Waals surface area contributed by atoms with Crippen LogP contribution in [0.5, 0.6) is 11.5 Å². The molecule has 2 aliphatic heterocycles. The summed E-state index contributed by atoms with van der Waals surface area (Å²) < 4.78 is 38.8. The van der Waals surface area contributed by atoms with E-state index in [1.165, 1.54) is 14.2 Å². The minimum absolute atomic E-state index is 0.0767. The molecule has 35 heavy (non-hydrogen) atoms. The minimum Gasteiger partial charge on any atom is -0.495 e. The number of anilines is 1. The van der Waals surface area contributed by atoms with Crippen molar-refractivity contribution < 1.29 is 22.7 Å². The Morgan fingerprint density at radius 2 is 1.66 bits per heavy atom. The first-order valence-corrected chi connectivity index (χ1v) is 13.5. The number of hydrogen-bond donors (Lipinski definition) is 1. The van der Waals surface area contributed by atoms with Gasteiger partial charge in [-0.05, 0) is 61.8 Å². The molecule has 2 aromatic carbocycles. The predicted molar refractivity (Wildman–Crippen MR) is 136 cm³/mol. The monoisotopic (exact) mass is 521 g/mol. The van der Waals surface area contributed by atoms with Crippen LogP contribution in [0.3, 0.4) is 0 Å². The second-order valence-corrected chi connectivity index (χ2v) is 11.8. The van der Waals surface area contributed by atoms with Crippen LogP contribution in [-0.2, 0) is 10.0 Å². The summed E-state index contributed by atoms with van der Waals surface area (Å²) in [4.78, 5) is 15.2. The van der Waals surface area contributed by atoms with Gasteiger partial charge in [0.25, 0.3) is 0 Å². The van der Waals surface area contributed by atoms with Crippen LogP contribution in [-0.4, -0.2) is 64.1 Å². The van der Waals surface area contributed by atoms with E-state index in [1.54, 1.807) is 27.4 Å². The number of nitrogens with one attached hydrogen (secondary N) is 1. The van der Waals surface area contributed by atoms with E-state index in [2.05, 4.69) is 5.32 Å². The number of rotatable bonds is 5. The Morgan fingerprint density at radius 3 is 2.31 bits per heavy atom. The lowest BCUT2D eigenvalue weighted by molar-refractivity contribution is 0.158. The van der Waals surface area contributed by atoms with Crippen molar-refractivity contribution in [2.45, 2.75) is 38.0 Å². The molecule has 8 nitrogen and oxygen atoms in total. The summed E-state index contributed by atoms with van der Waals surface area (Å²) in [7, 11) is -0.514. The smallest absolute Gasteiger partial charge is 0.321 e. The van der Waals surface area contributed by atoms with Gasteiger partial charge in [0, 0.05) is 32.2 Å². The summed E-state index contributed by atoms with van der Waals surface area (Å²) in [6, 6.07) is 8.54. The molecule has 0 aliphatic carbocycles. The Kier molecular flexibility index (Phi) is 7.22. The normalized spacial score (nSPS) is 18.0. The molecule has 2 fully saturated rings. The van der Waals surface area contributed by atoms with Crippen LogP contribution < -0.4 is 14.8 Å². The van der Waals surface area contributed by atoms with Crippen molar-refractivity contribution in [3.63, 3.8) is 0 Å². The van der Waals surface area contributed by atoms with Crippen molar-refractivity contribution in [2.24, 2.45) is 5.41 Å². The summed E-state index contributed by atoms with van der Waals surface area (Å²) >= 11 is 6.23. The van der Waals surface area contributed by atoms with Gasteiger partial charge in [-0.15, -0.1) is 0 Å². The molecule has 2 amide bonds. The van der Waals surface area contributed by atoms with E-state index in [1.807, 2.05) is 26.0 Å². The number of amides is 2. The largest absolute Gasteiger partial charge is 0.495 e. The van der Waals surface area contributed by atoms with Crippen molar-refractivity contribution >= 4 is 33.3 Å². The van der Waals surface area contributed by atoms with Gasteiger partial charge in [-0.25, -0.2) is 13.2 Å². The average Bonchev–Trinajstić information content (AvgIpc) is 3.24. The number of nitrogens with zero attached hydrogens (tertiary/aromatic N) is 2. The highest BCUT2D eigenvalue weighted by Crippen LogP contribution is 2.42. The Morgan fingerprint density at radius 1 is 1.00 bits per heavy atom. The van der Waals surface area contributed by atoms with Gasteiger partial charge in [-0.3, -0.25) is 0 Å². The lowest BCUT2D eigenvalue weighted by Crippen LogP contribution is -2.45. The van der Waals surface area contributed by atoms with Gasteiger partial charge in [0.05, 0.1) is 29.8 Å². The molecule has 0 aromatic heterocycles. The second kappa shape index (κ2) is 9.87. The number of hydrogen-bond acceptors (Lipinski definition) is 5. The third-order valence-corrected chi connectivity index (χ3v) is 9.52. The van der Waals surface area contributed by atoms with Crippen LogP contribution in [0.25, 0.3) is 0 Å². The maximum absolute atomic E-state index is 13.3. The molecule has 0 saturated carbocycles. The van der Waals surface area contributed by atoms with E-state index in [4.69, 9.17) is 21.1 Å². The third-order valence-electron chi connectivity index (χ3n) is 7.19. The first-order chi connectivity index (χ1) is 16.6. The summed E-state index contributed by atoms with van der Waals surface area (Å²) in [6.45, 7) is 5.83. The van der Waals surface area contributed by atoms with Gasteiger partial charge in [-0.2, -0.15) is 4.31 Å². The molecule has 2 aliphatic rings. The fourth-order valence-electron chi connectivity index (χ4n) is 4.99. The van der Waals surface area contributed by atoms with Crippen molar-refractivity contribution in [3.05, 3.63) is 46.5 Å². The summed E-state index contributed by atoms with van der Waals surface area (Å²) in [5, 5.41) is 3.27. The number of halogens is 1. The van der Waals surface area contributed by atoms with Gasteiger partial charge >= 0.3 is 6.03 Å². The van der Waals surface area contributed by atoms with E-state index in [-0.39, 0.29) is 11.4 Å². The first-order valence-electron chi connectivity index (χ1n) is 11.6. The quantitative estimate of drug-likeness (QED) is 0.617. The number of carbonyl (C=O) groups excluding carboxylic acids is 1. The number of ether oxygens (including phenoxy) is 2. The summed E-state index contributed by atoms with van der Waals surface area (Å²) in [5.41, 5.74) is 2.08. The SMILES string of the molecule is COc1cc(OC)c(NC(=O)N2CCC3(CCN(S(=O)(=O)c4cc(C)ccc4C)CC3)C2)cc1Cl. The van der Waals surface area contributed by atoms with Gasteiger partial charge in [0.15, 0.2) is 0 Å². The summed E-state index contributed by atoms with van der Waals surface area (Å²) in [5.74, 6) is 0.919. The van der Waals surface area contributed by atoms with E-state index < -0.39 is 10.0 Å². The molecule has 1 N–H and O–H groups in total. The van der Waals surface area contributed by atoms with Crippen LogP contribution in [0, 0.1) is 19.3 Å². The molecule has 1 spiro atoms. The summed E-state index contributed by atoms with van der Waals surface area (Å²) in [6.07, 6.45) is 2.29. The van der Waals surface area contributed by atoms with E-state index in [9.17, 15) is 13.2 Å². The van der Waals surface area contributed by atoms with Crippen LogP contribution in [0.1, 0.15) is 30.4 Å². The van der Waals surface area contributed by atoms with E-state index in [0.29, 0.717) is 53.3 Å². The molecular weight excluding hydrogens is 490 g/mol. The molecule has 2 aromatic rings. The maximum Gasteiger partial charge on any atom is 0.321 e. The van der Waals surface area contributed by atoms with Gasteiger partial charge in [0.2, 0.25) is 10.0 Å². The lowest BCUT2D eigenvalue weighted by Gasteiger charge is -2.38. The Balaban J connectivity index is 1.41. The fraction of sp³-hybridized carbons (Fsp3) is 0.480. The zero-order chi connectivity index (χ0) is 25.4. The average molecular weight is 522 g/mol. The Bertz CT molecular complexity index is 1230. The maximum atomic E-state index is 13.3. The fourth-order valence-corrected chi connectivity index (χ4v) is 6.99. The standard InChI is InChI=1S/C25H32ClN3O5S/c1-17-5-6-18(2)23(13-17)35(31,32)29-11-8-25(9-12-29)7-10-28(16-25)24(30)27-20-14-19(26)21(33-3)15-22(20)34-4/h5-6,13-15H,7-12,16H2,1-4H3,(H,27,30). The molecular formula is C25H32ClN3O5S. The molecule has 10 heteroatoms. The van der Waals surface area contributed by atoms with Crippen molar-refractivity contribution in [2.75, 3.05) is 45.7 Å². The third kappa shape index (κ3) is 5.08. The topological polar surface area (TPSA) is 88.2 Å². The number of likely N-dealkylation sites (tertiary alicyclic amines) is 1. The number of urea groups is 1. The molecule has 0 bridgehead atoms. The van der Waals surface area contributed by atoms with E-state index in [0.717, 1.165) is 30.4 Å².